The fourth-order valence-corrected chi connectivity index (χ4v) is 4.08. The van der Waals surface area contributed by atoms with Crippen molar-refractivity contribution >= 4 is 46.3 Å². The Kier molecular flexibility index (Phi) is 7.26. The number of carbonyl (C=O) groups is 2. The number of amides is 1. The highest BCUT2D eigenvalue weighted by Crippen LogP contribution is 2.37. The second-order valence-electron chi connectivity index (χ2n) is 6.06. The number of ether oxygens (including phenoxy) is 2. The van der Waals surface area contributed by atoms with Crippen LogP contribution in [0.1, 0.15) is 32.8 Å². The van der Waals surface area contributed by atoms with Gasteiger partial charge in [-0.05, 0) is 36.6 Å². The smallest absolute Gasteiger partial charge is 0.327 e. The highest BCUT2D eigenvalue weighted by atomic mass is 32.2. The summed E-state index contributed by atoms with van der Waals surface area (Å²) in [5, 5.41) is 9.58. The van der Waals surface area contributed by atoms with E-state index in [0.29, 0.717) is 29.4 Å². The van der Waals surface area contributed by atoms with Gasteiger partial charge in [0, 0.05) is 0 Å². The minimum absolute atomic E-state index is 0.213. The van der Waals surface area contributed by atoms with E-state index in [9.17, 15) is 14.7 Å². The molecule has 0 unspecified atom stereocenters. The van der Waals surface area contributed by atoms with Crippen LogP contribution in [-0.4, -0.2) is 46.0 Å². The van der Waals surface area contributed by atoms with E-state index in [1.165, 1.54) is 4.90 Å². The number of carboxylic acid groups (broad SMARTS) is 1. The molecule has 0 aliphatic carbocycles. The molecule has 1 aliphatic rings. The van der Waals surface area contributed by atoms with Crippen molar-refractivity contribution in [2.75, 3.05) is 13.7 Å². The van der Waals surface area contributed by atoms with Gasteiger partial charge in [-0.2, -0.15) is 0 Å². The van der Waals surface area contributed by atoms with E-state index >= 15 is 0 Å². The fraction of sp³-hybridized carbons (Fsp3) is 0.421. The van der Waals surface area contributed by atoms with Crippen LogP contribution in [0.4, 0.5) is 0 Å². The Hall–Kier alpha value is -2.06. The molecule has 2 rings (SSSR count). The Morgan fingerprint density at radius 2 is 2.07 bits per heavy atom. The first-order valence-electron chi connectivity index (χ1n) is 8.64. The SMILES string of the molecule is CCOc1ccc(/C=C2\SC(=S)N([C@@H](C(=O)O)[C@@H](C)CC)C2=O)cc1OC. The van der Waals surface area contributed by atoms with Gasteiger partial charge in [-0.25, -0.2) is 4.79 Å². The van der Waals surface area contributed by atoms with Gasteiger partial charge < -0.3 is 14.6 Å². The average Bonchev–Trinajstić information content (AvgIpc) is 2.90. The highest BCUT2D eigenvalue weighted by Gasteiger charge is 2.42. The third-order valence-electron chi connectivity index (χ3n) is 4.32. The molecule has 0 radical (unpaired) electrons. The second kappa shape index (κ2) is 9.23. The number of hydrogen-bond acceptors (Lipinski definition) is 6. The topological polar surface area (TPSA) is 76.1 Å². The summed E-state index contributed by atoms with van der Waals surface area (Å²) in [7, 11) is 1.55. The molecule has 2 atom stereocenters. The van der Waals surface area contributed by atoms with Gasteiger partial charge in [0.2, 0.25) is 0 Å². The van der Waals surface area contributed by atoms with E-state index in [2.05, 4.69) is 0 Å². The zero-order valence-corrected chi connectivity index (χ0v) is 17.4. The zero-order chi connectivity index (χ0) is 20.1. The third-order valence-corrected chi connectivity index (χ3v) is 5.65. The van der Waals surface area contributed by atoms with Crippen LogP contribution in [-0.2, 0) is 9.59 Å². The summed E-state index contributed by atoms with van der Waals surface area (Å²) >= 11 is 6.41. The Labute approximate surface area is 168 Å². The van der Waals surface area contributed by atoms with Gasteiger partial charge in [-0.3, -0.25) is 9.69 Å². The monoisotopic (exact) mass is 409 g/mol. The standard InChI is InChI=1S/C19H23NO5S2/c1-5-11(3)16(18(22)23)20-17(21)15(27-19(20)26)10-12-7-8-13(25-6-2)14(9-12)24-4/h7-11,16H,5-6H2,1-4H3,(H,22,23)/b15-10-/t11-,16+/m0/s1. The summed E-state index contributed by atoms with van der Waals surface area (Å²) in [5.74, 6) is -0.471. The minimum Gasteiger partial charge on any atom is -0.493 e. The predicted octanol–water partition coefficient (Wildman–Crippen LogP) is 3.79. The lowest BCUT2D eigenvalue weighted by atomic mass is 9.98. The third kappa shape index (κ3) is 4.62. The maximum atomic E-state index is 12.8. The highest BCUT2D eigenvalue weighted by molar-refractivity contribution is 8.26. The van der Waals surface area contributed by atoms with Crippen molar-refractivity contribution in [1.82, 2.24) is 4.90 Å². The quantitative estimate of drug-likeness (QED) is 0.517. The van der Waals surface area contributed by atoms with Gasteiger partial charge in [-0.1, -0.05) is 50.3 Å². The van der Waals surface area contributed by atoms with Crippen molar-refractivity contribution in [2.45, 2.75) is 33.2 Å². The van der Waals surface area contributed by atoms with Crippen LogP contribution < -0.4 is 9.47 Å². The number of benzene rings is 1. The molecule has 1 heterocycles. The number of thiocarbonyl (C=S) groups is 1. The van der Waals surface area contributed by atoms with Gasteiger partial charge in [0.25, 0.3) is 5.91 Å². The second-order valence-corrected chi connectivity index (χ2v) is 7.74. The molecule has 0 aromatic heterocycles. The molecule has 1 aromatic carbocycles. The van der Waals surface area contributed by atoms with E-state index in [1.807, 2.05) is 19.9 Å². The molecule has 8 heteroatoms. The molecule has 1 saturated heterocycles. The molecule has 146 valence electrons. The van der Waals surface area contributed by atoms with Crippen LogP contribution in [0.3, 0.4) is 0 Å². The first-order chi connectivity index (χ1) is 12.8. The Morgan fingerprint density at radius 1 is 1.37 bits per heavy atom. The Morgan fingerprint density at radius 3 is 2.63 bits per heavy atom. The van der Waals surface area contributed by atoms with Gasteiger partial charge in [0.05, 0.1) is 18.6 Å². The number of aliphatic carboxylic acids is 1. The number of carbonyl (C=O) groups excluding carboxylic acids is 1. The van der Waals surface area contributed by atoms with Crippen LogP contribution in [0.25, 0.3) is 6.08 Å². The molecular weight excluding hydrogens is 386 g/mol. The number of nitrogens with zero attached hydrogens (tertiary/aromatic N) is 1. The molecule has 0 spiro atoms. The molecule has 27 heavy (non-hydrogen) atoms. The van der Waals surface area contributed by atoms with E-state index < -0.39 is 12.0 Å². The molecule has 1 aromatic rings. The number of thioether (sulfide) groups is 1. The first kappa shape index (κ1) is 21.2. The van der Waals surface area contributed by atoms with Gasteiger partial charge in [0.1, 0.15) is 10.4 Å². The van der Waals surface area contributed by atoms with Gasteiger partial charge >= 0.3 is 5.97 Å². The largest absolute Gasteiger partial charge is 0.493 e. The summed E-state index contributed by atoms with van der Waals surface area (Å²) < 4.78 is 11.1. The van der Waals surface area contributed by atoms with Crippen molar-refractivity contribution in [1.29, 1.82) is 0 Å². The lowest BCUT2D eigenvalue weighted by Crippen LogP contribution is -2.47. The van der Waals surface area contributed by atoms with Crippen molar-refractivity contribution in [2.24, 2.45) is 5.92 Å². The van der Waals surface area contributed by atoms with Crippen LogP contribution in [0, 0.1) is 5.92 Å². The lowest BCUT2D eigenvalue weighted by molar-refractivity contribution is -0.147. The Bertz CT molecular complexity index is 777. The predicted molar refractivity (Wildman–Crippen MR) is 110 cm³/mol. The van der Waals surface area contributed by atoms with Crippen molar-refractivity contribution in [3.63, 3.8) is 0 Å². The maximum absolute atomic E-state index is 12.8. The van der Waals surface area contributed by atoms with Crippen LogP contribution in [0.5, 0.6) is 11.5 Å². The van der Waals surface area contributed by atoms with E-state index in [1.54, 1.807) is 32.2 Å². The first-order valence-corrected chi connectivity index (χ1v) is 9.87. The fourth-order valence-electron chi connectivity index (χ4n) is 2.75. The summed E-state index contributed by atoms with van der Waals surface area (Å²) in [6.45, 7) is 6.09. The molecule has 1 fully saturated rings. The molecule has 1 aliphatic heterocycles. The van der Waals surface area contributed by atoms with Crippen LogP contribution >= 0.6 is 24.0 Å². The molecule has 0 saturated carbocycles. The van der Waals surface area contributed by atoms with E-state index in [4.69, 9.17) is 21.7 Å². The normalized spacial score (nSPS) is 17.9. The Balaban J connectivity index is 2.34. The summed E-state index contributed by atoms with van der Waals surface area (Å²) in [6.07, 6.45) is 2.32. The number of hydrogen-bond donors (Lipinski definition) is 1. The molecule has 6 nitrogen and oxygen atoms in total. The van der Waals surface area contributed by atoms with Crippen molar-refractivity contribution in [3.8, 4) is 11.5 Å². The number of methoxy groups -OCH3 is 1. The van der Waals surface area contributed by atoms with Crippen LogP contribution in [0.2, 0.25) is 0 Å². The number of rotatable bonds is 8. The molecule has 1 amide bonds. The average molecular weight is 410 g/mol. The summed E-state index contributed by atoms with van der Waals surface area (Å²) in [5.41, 5.74) is 0.742. The number of carboxylic acids is 1. The zero-order valence-electron chi connectivity index (χ0n) is 15.7. The minimum atomic E-state index is -1.05. The maximum Gasteiger partial charge on any atom is 0.327 e. The van der Waals surface area contributed by atoms with E-state index in [0.717, 1.165) is 17.3 Å². The van der Waals surface area contributed by atoms with Gasteiger partial charge in [-0.15, -0.1) is 0 Å². The summed E-state index contributed by atoms with van der Waals surface area (Å²) in [4.78, 5) is 26.2. The molecule has 1 N–H and O–H groups in total. The lowest BCUT2D eigenvalue weighted by Gasteiger charge is -2.27. The van der Waals surface area contributed by atoms with Crippen LogP contribution in [0.15, 0.2) is 23.1 Å². The molecule has 0 bridgehead atoms. The summed E-state index contributed by atoms with van der Waals surface area (Å²) in [6, 6.07) is 4.38. The van der Waals surface area contributed by atoms with Gasteiger partial charge in [0.15, 0.2) is 11.5 Å². The van der Waals surface area contributed by atoms with Crippen molar-refractivity contribution in [3.05, 3.63) is 28.7 Å². The molecular formula is C19H23NO5S2. The van der Waals surface area contributed by atoms with Crippen molar-refractivity contribution < 1.29 is 24.2 Å². The van der Waals surface area contributed by atoms with E-state index in [-0.39, 0.29) is 16.1 Å².